The van der Waals surface area contributed by atoms with Crippen LogP contribution in [0.1, 0.15) is 13.8 Å². The summed E-state index contributed by atoms with van der Waals surface area (Å²) in [5, 5.41) is 9.70. The molecular formula is C21H25Cl3O7S2. The largest absolute Gasteiger partial charge is 0.493 e. The van der Waals surface area contributed by atoms with Gasteiger partial charge in [-0.15, -0.1) is 11.6 Å². The molecular weight excluding hydrogens is 535 g/mol. The summed E-state index contributed by atoms with van der Waals surface area (Å²) in [4.78, 5) is -0.135. The highest BCUT2D eigenvalue weighted by atomic mass is 35.5. The molecule has 2 rings (SSSR count). The van der Waals surface area contributed by atoms with Crippen molar-refractivity contribution in [3.63, 3.8) is 0 Å². The normalized spacial score (nSPS) is 14.0. The van der Waals surface area contributed by atoms with Gasteiger partial charge in [0.25, 0.3) is 0 Å². The molecule has 2 unspecified atom stereocenters. The van der Waals surface area contributed by atoms with E-state index >= 15 is 0 Å². The van der Waals surface area contributed by atoms with Gasteiger partial charge in [0.1, 0.15) is 18.5 Å². The molecule has 0 heterocycles. The summed E-state index contributed by atoms with van der Waals surface area (Å²) < 4.78 is 60.1. The minimum absolute atomic E-state index is 0.0150. The molecule has 0 radical (unpaired) electrons. The fourth-order valence-electron chi connectivity index (χ4n) is 2.60. The SMILES string of the molecule is CCS(=O)(=O)CC(O)COc1c(Cl)cc(S(=O)(=O)c2ccc(OCC(C)CCl)cc2)cc1Cl. The second-order valence-corrected chi connectivity index (χ2v) is 12.9. The maximum Gasteiger partial charge on any atom is 0.206 e. The first kappa shape index (κ1) is 28.0. The number of ether oxygens (including phenoxy) is 2. The standard InChI is InChI=1S/C21H25Cl3O7S2/c1-3-32(26,27)13-15(25)12-31-21-19(23)8-18(9-20(21)24)33(28,29)17-6-4-16(5-7-17)30-11-14(2)10-22/h4-9,14-15,25H,3,10-13H2,1-2H3. The molecule has 0 spiro atoms. The zero-order valence-corrected chi connectivity index (χ0v) is 21.9. The summed E-state index contributed by atoms with van der Waals surface area (Å²) in [5.74, 6) is 0.465. The van der Waals surface area contributed by atoms with Crippen molar-refractivity contribution >= 4 is 54.5 Å². The molecule has 0 fully saturated rings. The Morgan fingerprint density at radius 1 is 0.939 bits per heavy atom. The zero-order valence-electron chi connectivity index (χ0n) is 18.0. The van der Waals surface area contributed by atoms with Gasteiger partial charge >= 0.3 is 0 Å². The number of alkyl halides is 1. The molecule has 0 aliphatic heterocycles. The summed E-state index contributed by atoms with van der Waals surface area (Å²) in [7, 11) is -7.34. The predicted octanol–water partition coefficient (Wildman–Crippen LogP) is 4.25. The fraction of sp³-hybridized carbons (Fsp3) is 0.429. The van der Waals surface area contributed by atoms with Gasteiger partial charge in [-0.05, 0) is 36.4 Å². The number of aliphatic hydroxyl groups is 1. The Morgan fingerprint density at radius 2 is 1.52 bits per heavy atom. The van der Waals surface area contributed by atoms with Crippen molar-refractivity contribution in [3.05, 3.63) is 46.4 Å². The molecule has 184 valence electrons. The van der Waals surface area contributed by atoms with E-state index in [9.17, 15) is 21.9 Å². The molecule has 0 bridgehead atoms. The van der Waals surface area contributed by atoms with Crippen molar-refractivity contribution in [3.8, 4) is 11.5 Å². The van der Waals surface area contributed by atoms with Crippen LogP contribution in [-0.4, -0.2) is 58.6 Å². The molecule has 0 amide bonds. The first-order chi connectivity index (χ1) is 15.4. The van der Waals surface area contributed by atoms with Gasteiger partial charge in [-0.1, -0.05) is 37.0 Å². The summed E-state index contributed by atoms with van der Waals surface area (Å²) in [6.45, 7) is 3.43. The van der Waals surface area contributed by atoms with E-state index in [-0.39, 0.29) is 43.9 Å². The highest BCUT2D eigenvalue weighted by Crippen LogP contribution is 2.37. The van der Waals surface area contributed by atoms with E-state index < -0.39 is 31.5 Å². The van der Waals surface area contributed by atoms with Crippen molar-refractivity contribution in [2.75, 3.05) is 30.6 Å². The van der Waals surface area contributed by atoms with Crippen molar-refractivity contribution < 1.29 is 31.4 Å². The molecule has 0 aliphatic carbocycles. The van der Waals surface area contributed by atoms with Gasteiger partial charge in [-0.2, -0.15) is 0 Å². The molecule has 0 saturated heterocycles. The highest BCUT2D eigenvalue weighted by Gasteiger charge is 2.23. The van der Waals surface area contributed by atoms with E-state index in [0.717, 1.165) is 0 Å². The highest BCUT2D eigenvalue weighted by molar-refractivity contribution is 7.91. The Hall–Kier alpha value is -1.23. The molecule has 33 heavy (non-hydrogen) atoms. The second kappa shape index (κ2) is 12.0. The number of rotatable bonds is 12. The number of hydrogen-bond acceptors (Lipinski definition) is 7. The van der Waals surface area contributed by atoms with Crippen LogP contribution >= 0.6 is 34.8 Å². The summed E-state index contributed by atoms with van der Waals surface area (Å²) in [6.07, 6.45) is -1.29. The van der Waals surface area contributed by atoms with Crippen molar-refractivity contribution in [1.29, 1.82) is 0 Å². The smallest absolute Gasteiger partial charge is 0.206 e. The number of halogens is 3. The monoisotopic (exact) mass is 558 g/mol. The van der Waals surface area contributed by atoms with Crippen LogP contribution in [0, 0.1) is 5.92 Å². The average molecular weight is 560 g/mol. The first-order valence-electron chi connectivity index (χ1n) is 9.93. The van der Waals surface area contributed by atoms with Gasteiger partial charge < -0.3 is 14.6 Å². The van der Waals surface area contributed by atoms with Crippen LogP contribution in [0.2, 0.25) is 10.0 Å². The Balaban J connectivity index is 2.17. The minimum atomic E-state index is -3.94. The zero-order chi connectivity index (χ0) is 24.8. The lowest BCUT2D eigenvalue weighted by Gasteiger charge is -2.15. The van der Waals surface area contributed by atoms with Crippen LogP contribution in [0.4, 0.5) is 0 Å². The molecule has 0 saturated carbocycles. The van der Waals surface area contributed by atoms with Crippen molar-refractivity contribution in [2.24, 2.45) is 5.92 Å². The van der Waals surface area contributed by atoms with Crippen LogP contribution in [0.3, 0.4) is 0 Å². The third-order valence-electron chi connectivity index (χ3n) is 4.52. The lowest BCUT2D eigenvalue weighted by atomic mass is 10.2. The number of aliphatic hydroxyl groups excluding tert-OH is 1. The first-order valence-corrected chi connectivity index (χ1v) is 14.5. The summed E-state index contributed by atoms with van der Waals surface area (Å²) in [5.41, 5.74) is 0. The molecule has 2 aromatic rings. The third-order valence-corrected chi connectivity index (χ3v) is 9.13. The van der Waals surface area contributed by atoms with Crippen LogP contribution in [0.5, 0.6) is 11.5 Å². The van der Waals surface area contributed by atoms with Crippen molar-refractivity contribution in [1.82, 2.24) is 0 Å². The molecule has 0 aromatic heterocycles. The van der Waals surface area contributed by atoms with Gasteiger partial charge in [-0.3, -0.25) is 0 Å². The van der Waals surface area contributed by atoms with Gasteiger partial charge in [0.05, 0.1) is 32.2 Å². The Bertz CT molecular complexity index is 1130. The quantitative estimate of drug-likeness (QED) is 0.387. The molecule has 7 nitrogen and oxygen atoms in total. The predicted molar refractivity (Wildman–Crippen MR) is 130 cm³/mol. The van der Waals surface area contributed by atoms with Crippen molar-refractivity contribution in [2.45, 2.75) is 29.7 Å². The maximum atomic E-state index is 13.0. The van der Waals surface area contributed by atoms with E-state index in [2.05, 4.69) is 0 Å². The number of benzene rings is 2. The third kappa shape index (κ3) is 7.90. The fourth-order valence-corrected chi connectivity index (χ4v) is 5.65. The van der Waals surface area contributed by atoms with Crippen LogP contribution in [0.15, 0.2) is 46.2 Å². The van der Waals surface area contributed by atoms with Gasteiger partial charge in [0, 0.05) is 17.6 Å². The van der Waals surface area contributed by atoms with Crippen LogP contribution in [0.25, 0.3) is 0 Å². The molecule has 2 aromatic carbocycles. The topological polar surface area (TPSA) is 107 Å². The number of hydrogen-bond donors (Lipinski definition) is 1. The Morgan fingerprint density at radius 3 is 2.03 bits per heavy atom. The molecule has 12 heteroatoms. The molecule has 0 aliphatic rings. The van der Waals surface area contributed by atoms with Crippen LogP contribution in [-0.2, 0) is 19.7 Å². The van der Waals surface area contributed by atoms with E-state index in [1.54, 1.807) is 12.1 Å². The van der Waals surface area contributed by atoms with E-state index in [1.807, 2.05) is 6.92 Å². The number of sulfone groups is 2. The van der Waals surface area contributed by atoms with E-state index in [1.165, 1.54) is 31.2 Å². The molecule has 2 atom stereocenters. The van der Waals surface area contributed by atoms with E-state index in [4.69, 9.17) is 44.3 Å². The maximum absolute atomic E-state index is 13.0. The Labute approximate surface area is 209 Å². The molecule has 1 N–H and O–H groups in total. The van der Waals surface area contributed by atoms with Crippen LogP contribution < -0.4 is 9.47 Å². The Kier molecular flexibility index (Phi) is 10.1. The summed E-state index contributed by atoms with van der Waals surface area (Å²) in [6, 6.07) is 8.26. The minimum Gasteiger partial charge on any atom is -0.493 e. The van der Waals surface area contributed by atoms with Gasteiger partial charge in [0.15, 0.2) is 15.6 Å². The van der Waals surface area contributed by atoms with E-state index in [0.29, 0.717) is 18.2 Å². The van der Waals surface area contributed by atoms with Gasteiger partial charge in [-0.25, -0.2) is 16.8 Å². The lowest BCUT2D eigenvalue weighted by Crippen LogP contribution is -2.28. The lowest BCUT2D eigenvalue weighted by molar-refractivity contribution is 0.125. The second-order valence-electron chi connectivity index (χ2n) is 7.43. The summed E-state index contributed by atoms with van der Waals surface area (Å²) >= 11 is 18.1. The average Bonchev–Trinajstić information content (AvgIpc) is 2.76. The van der Waals surface area contributed by atoms with Gasteiger partial charge in [0.2, 0.25) is 9.84 Å².